The van der Waals surface area contributed by atoms with Crippen LogP contribution in [0.25, 0.3) is 0 Å². The molecule has 1 spiro atoms. The number of nitrogens with zero attached hydrogens (tertiary/aromatic N) is 1. The summed E-state index contributed by atoms with van der Waals surface area (Å²) in [5, 5.41) is 5.32. The van der Waals surface area contributed by atoms with E-state index < -0.39 is 19.7 Å². The lowest BCUT2D eigenvalue weighted by Crippen LogP contribution is -2.68. The van der Waals surface area contributed by atoms with Gasteiger partial charge >= 0.3 is 14.3 Å². The molecule has 4 aromatic rings. The second-order valence-electron chi connectivity index (χ2n) is 13.1. The Balaban J connectivity index is 1.10. The first-order chi connectivity index (χ1) is 21.6. The van der Waals surface area contributed by atoms with Crippen molar-refractivity contribution in [2.24, 2.45) is 0 Å². The van der Waals surface area contributed by atoms with Gasteiger partial charge in [0.1, 0.15) is 22.9 Å². The van der Waals surface area contributed by atoms with Gasteiger partial charge in [0, 0.05) is 32.5 Å². The quantitative estimate of drug-likeness (QED) is 0.250. The Bertz CT molecular complexity index is 1630. The van der Waals surface area contributed by atoms with E-state index >= 15 is 0 Å². The highest BCUT2D eigenvalue weighted by atomic mass is 28.4. The Morgan fingerprint density at radius 3 is 2.09 bits per heavy atom. The smallest absolute Gasteiger partial charge is 0.319 e. The molecule has 0 atom stereocenters. The summed E-state index contributed by atoms with van der Waals surface area (Å²) in [6.45, 7) is 8.09. The third-order valence-corrected chi connectivity index (χ3v) is 14.0. The molecular formula is C37H39FN2O4Si. The number of nitrogens with one attached hydrogen (secondary N) is 1. The van der Waals surface area contributed by atoms with Gasteiger partial charge in [0.05, 0.1) is 12.0 Å². The molecule has 1 fully saturated rings. The lowest BCUT2D eigenvalue weighted by Gasteiger charge is -2.43. The standard InChI is InChI=1S/C37H39FN2O4Si/c1-36(2,3)45(30-10-6-4-7-11-30,31-12-8-5-9-13-31)44-29-17-14-27(15-18-29)26-39-35(42)40-22-20-37(21-23-40)25-33(41)32-24-28(38)16-19-34(32)43-37/h4-19,24H,20-23,25-26H2,1-3H3,(H,39,42). The van der Waals surface area contributed by atoms with Crippen molar-refractivity contribution >= 4 is 30.5 Å². The van der Waals surface area contributed by atoms with E-state index in [0.717, 1.165) is 11.3 Å². The SMILES string of the molecule is CC(C)(C)[Si](Oc1ccc(CNC(=O)N2CCC3(CC2)CC(=O)c2cc(F)ccc2O3)cc1)(c1ccccc1)c1ccccc1. The summed E-state index contributed by atoms with van der Waals surface area (Å²) in [7, 11) is -2.73. The van der Waals surface area contributed by atoms with Crippen LogP contribution in [0.5, 0.6) is 11.5 Å². The summed E-state index contributed by atoms with van der Waals surface area (Å²) >= 11 is 0. The number of ketones is 1. The van der Waals surface area contributed by atoms with Crippen LogP contribution in [0.2, 0.25) is 5.04 Å². The lowest BCUT2D eigenvalue weighted by molar-refractivity contribution is -0.000808. The normalized spacial score (nSPS) is 16.1. The monoisotopic (exact) mass is 622 g/mol. The van der Waals surface area contributed by atoms with Gasteiger partial charge in [-0.05, 0) is 51.3 Å². The molecule has 8 heteroatoms. The number of benzene rings is 4. The third kappa shape index (κ3) is 6.11. The van der Waals surface area contributed by atoms with Crippen molar-refractivity contribution in [3.63, 3.8) is 0 Å². The minimum atomic E-state index is -2.73. The van der Waals surface area contributed by atoms with Gasteiger partial charge in [-0.1, -0.05) is 93.6 Å². The molecule has 2 amide bonds. The fraction of sp³-hybridized carbons (Fsp3) is 0.297. The molecule has 0 radical (unpaired) electrons. The molecule has 1 saturated heterocycles. The maximum atomic E-state index is 13.6. The van der Waals surface area contributed by atoms with E-state index in [1.54, 1.807) is 4.90 Å². The Labute approximate surface area is 265 Å². The summed E-state index contributed by atoms with van der Waals surface area (Å²) in [4.78, 5) is 27.6. The summed E-state index contributed by atoms with van der Waals surface area (Å²) in [6.07, 6.45) is 1.27. The van der Waals surface area contributed by atoms with Crippen molar-refractivity contribution in [2.75, 3.05) is 13.1 Å². The van der Waals surface area contributed by atoms with Gasteiger partial charge in [0.2, 0.25) is 0 Å². The van der Waals surface area contributed by atoms with Crippen LogP contribution in [0, 0.1) is 5.82 Å². The number of halogens is 1. The molecule has 1 N–H and O–H groups in total. The second-order valence-corrected chi connectivity index (χ2v) is 17.3. The van der Waals surface area contributed by atoms with E-state index in [4.69, 9.17) is 9.16 Å². The highest BCUT2D eigenvalue weighted by Crippen LogP contribution is 2.40. The number of Topliss-reactive ketones (excluding diaryl/α,β-unsaturated/α-hetero) is 1. The van der Waals surface area contributed by atoms with Crippen molar-refractivity contribution in [2.45, 2.75) is 57.2 Å². The molecular weight excluding hydrogens is 584 g/mol. The van der Waals surface area contributed by atoms with E-state index in [2.05, 4.69) is 74.6 Å². The van der Waals surface area contributed by atoms with Crippen LogP contribution in [0.15, 0.2) is 103 Å². The maximum absolute atomic E-state index is 13.6. The number of ether oxygens (including phenoxy) is 1. The fourth-order valence-corrected chi connectivity index (χ4v) is 11.1. The molecule has 2 heterocycles. The number of likely N-dealkylation sites (tertiary alicyclic amines) is 1. The largest absolute Gasteiger partial charge is 0.534 e. The highest BCUT2D eigenvalue weighted by Gasteiger charge is 2.52. The predicted molar refractivity (Wildman–Crippen MR) is 176 cm³/mol. The van der Waals surface area contributed by atoms with Crippen LogP contribution in [0.1, 0.15) is 56.0 Å². The van der Waals surface area contributed by atoms with Crippen molar-refractivity contribution in [3.8, 4) is 11.5 Å². The molecule has 6 rings (SSSR count). The van der Waals surface area contributed by atoms with E-state index in [-0.39, 0.29) is 23.3 Å². The van der Waals surface area contributed by atoms with Gasteiger partial charge in [-0.15, -0.1) is 0 Å². The van der Waals surface area contributed by atoms with Crippen molar-refractivity contribution < 1.29 is 23.1 Å². The number of carbonyl (C=O) groups excluding carboxylic acids is 2. The fourth-order valence-electron chi connectivity index (χ4n) is 6.65. The van der Waals surface area contributed by atoms with Gasteiger partial charge < -0.3 is 19.4 Å². The number of piperidine rings is 1. The van der Waals surface area contributed by atoms with E-state index in [1.165, 1.54) is 28.6 Å². The molecule has 2 aliphatic heterocycles. The first-order valence-electron chi connectivity index (χ1n) is 15.5. The lowest BCUT2D eigenvalue weighted by atomic mass is 9.82. The van der Waals surface area contributed by atoms with Crippen molar-refractivity contribution in [1.29, 1.82) is 0 Å². The molecule has 4 aromatic carbocycles. The summed E-state index contributed by atoms with van der Waals surface area (Å²) < 4.78 is 26.9. The number of fused-ring (bicyclic) bond motifs is 1. The Kier molecular flexibility index (Phi) is 8.27. The minimum absolute atomic E-state index is 0.115. The number of amides is 2. The number of rotatable bonds is 6. The van der Waals surface area contributed by atoms with Gasteiger partial charge in [0.25, 0.3) is 0 Å². The average Bonchev–Trinajstić information content (AvgIpc) is 3.04. The molecule has 45 heavy (non-hydrogen) atoms. The number of hydrogen-bond acceptors (Lipinski definition) is 4. The average molecular weight is 623 g/mol. The van der Waals surface area contributed by atoms with Crippen molar-refractivity contribution in [1.82, 2.24) is 10.2 Å². The molecule has 0 unspecified atom stereocenters. The zero-order chi connectivity index (χ0) is 31.7. The third-order valence-electron chi connectivity index (χ3n) is 9.07. The Hall–Kier alpha value is -4.43. The van der Waals surface area contributed by atoms with Crippen LogP contribution in [0.4, 0.5) is 9.18 Å². The summed E-state index contributed by atoms with van der Waals surface area (Å²) in [5.74, 6) is 0.658. The molecule has 0 aromatic heterocycles. The maximum Gasteiger partial charge on any atom is 0.319 e. The van der Waals surface area contributed by atoms with Crippen LogP contribution in [-0.2, 0) is 6.54 Å². The van der Waals surface area contributed by atoms with Crippen LogP contribution in [0.3, 0.4) is 0 Å². The van der Waals surface area contributed by atoms with E-state index in [0.29, 0.717) is 43.8 Å². The summed E-state index contributed by atoms with van der Waals surface area (Å²) in [6, 6.07) is 33.0. The van der Waals surface area contributed by atoms with E-state index in [9.17, 15) is 14.0 Å². The van der Waals surface area contributed by atoms with Crippen molar-refractivity contribution in [3.05, 3.63) is 120 Å². The van der Waals surface area contributed by atoms with E-state index in [1.807, 2.05) is 36.4 Å². The first-order valence-corrected chi connectivity index (χ1v) is 17.4. The molecule has 0 bridgehead atoms. The zero-order valence-electron chi connectivity index (χ0n) is 26.0. The minimum Gasteiger partial charge on any atom is -0.534 e. The molecule has 232 valence electrons. The zero-order valence-corrected chi connectivity index (χ0v) is 27.0. The van der Waals surface area contributed by atoms with Gasteiger partial charge in [0.15, 0.2) is 5.78 Å². The van der Waals surface area contributed by atoms with Crippen LogP contribution < -0.4 is 24.9 Å². The van der Waals surface area contributed by atoms with Gasteiger partial charge in [-0.2, -0.15) is 0 Å². The molecule has 0 aliphatic carbocycles. The Morgan fingerprint density at radius 2 is 1.51 bits per heavy atom. The van der Waals surface area contributed by atoms with Gasteiger partial charge in [-0.3, -0.25) is 4.79 Å². The van der Waals surface area contributed by atoms with Gasteiger partial charge in [-0.25, -0.2) is 9.18 Å². The van der Waals surface area contributed by atoms with Crippen LogP contribution in [-0.4, -0.2) is 43.7 Å². The predicted octanol–water partition coefficient (Wildman–Crippen LogP) is 6.47. The topological polar surface area (TPSA) is 67.9 Å². The molecule has 2 aliphatic rings. The Morgan fingerprint density at radius 1 is 0.911 bits per heavy atom. The second kappa shape index (κ2) is 12.2. The highest BCUT2D eigenvalue weighted by molar-refractivity contribution is 7.00. The molecule has 6 nitrogen and oxygen atoms in total. The molecule has 0 saturated carbocycles. The first kappa shape index (κ1) is 30.6. The summed E-state index contributed by atoms with van der Waals surface area (Å²) in [5.41, 5.74) is 0.611. The number of urea groups is 1. The van der Waals surface area contributed by atoms with Crippen LogP contribution >= 0.6 is 0 Å². The number of hydrogen-bond donors (Lipinski definition) is 1. The number of carbonyl (C=O) groups is 2.